The summed E-state index contributed by atoms with van der Waals surface area (Å²) < 4.78 is 5.36. The number of halogens is 1. The number of methoxy groups -OCH3 is 1. The molecule has 0 saturated carbocycles. The Kier molecular flexibility index (Phi) is 9.43. The Morgan fingerprint density at radius 2 is 1.62 bits per heavy atom. The highest BCUT2D eigenvalue weighted by Crippen LogP contribution is 2.38. The first-order chi connectivity index (χ1) is 18.8. The Bertz CT molecular complexity index is 1500. The SMILES string of the molecule is COc1ccccc1NC(=S)Nc1cccc(SC(C(=O)Nc2cc(C(=O)O)ccc2Cl)c2ccccc2)c1. The van der Waals surface area contributed by atoms with E-state index in [1.165, 1.54) is 30.0 Å². The summed E-state index contributed by atoms with van der Waals surface area (Å²) >= 11 is 13.1. The zero-order chi connectivity index (χ0) is 27.8. The number of rotatable bonds is 9. The molecule has 1 amide bonds. The van der Waals surface area contributed by atoms with E-state index in [9.17, 15) is 14.7 Å². The van der Waals surface area contributed by atoms with Gasteiger partial charge in [0.15, 0.2) is 5.11 Å². The van der Waals surface area contributed by atoms with E-state index in [4.69, 9.17) is 28.6 Å². The van der Waals surface area contributed by atoms with Crippen LogP contribution in [-0.2, 0) is 4.79 Å². The molecule has 0 radical (unpaired) electrons. The second-order valence-electron chi connectivity index (χ2n) is 8.20. The summed E-state index contributed by atoms with van der Waals surface area (Å²) in [4.78, 5) is 25.7. The van der Waals surface area contributed by atoms with E-state index >= 15 is 0 Å². The van der Waals surface area contributed by atoms with Crippen molar-refractivity contribution >= 4 is 69.6 Å². The maximum atomic E-state index is 13.5. The number of nitrogens with one attached hydrogen (secondary N) is 3. The summed E-state index contributed by atoms with van der Waals surface area (Å²) in [6.07, 6.45) is 0. The molecule has 1 atom stereocenters. The average Bonchev–Trinajstić information content (AvgIpc) is 2.93. The Balaban J connectivity index is 1.53. The first kappa shape index (κ1) is 28.0. The normalized spacial score (nSPS) is 11.2. The van der Waals surface area contributed by atoms with Gasteiger partial charge in [-0.25, -0.2) is 4.79 Å². The third kappa shape index (κ3) is 7.51. The van der Waals surface area contributed by atoms with E-state index in [0.717, 1.165) is 21.8 Å². The monoisotopic (exact) mass is 577 g/mol. The number of carboxylic acids is 1. The molecule has 4 rings (SSSR count). The largest absolute Gasteiger partial charge is 0.495 e. The van der Waals surface area contributed by atoms with E-state index < -0.39 is 11.2 Å². The minimum absolute atomic E-state index is 0.0232. The molecule has 0 heterocycles. The van der Waals surface area contributed by atoms with E-state index in [-0.39, 0.29) is 22.2 Å². The van der Waals surface area contributed by atoms with E-state index in [0.29, 0.717) is 10.9 Å². The first-order valence-electron chi connectivity index (χ1n) is 11.7. The molecule has 4 aromatic rings. The van der Waals surface area contributed by atoms with Gasteiger partial charge < -0.3 is 25.8 Å². The number of ether oxygens (including phenoxy) is 1. The summed E-state index contributed by atoms with van der Waals surface area (Å²) in [7, 11) is 1.59. The van der Waals surface area contributed by atoms with Gasteiger partial charge in [0.2, 0.25) is 5.91 Å². The van der Waals surface area contributed by atoms with E-state index in [2.05, 4.69) is 16.0 Å². The van der Waals surface area contributed by atoms with Crippen molar-refractivity contribution in [2.24, 2.45) is 0 Å². The van der Waals surface area contributed by atoms with Gasteiger partial charge in [-0.15, -0.1) is 11.8 Å². The molecule has 0 aromatic heterocycles. The lowest BCUT2D eigenvalue weighted by atomic mass is 10.1. The van der Waals surface area contributed by atoms with Gasteiger partial charge in [0, 0.05) is 10.6 Å². The van der Waals surface area contributed by atoms with Crippen LogP contribution in [0.5, 0.6) is 5.75 Å². The van der Waals surface area contributed by atoms with Crippen LogP contribution in [0.2, 0.25) is 5.02 Å². The fraction of sp³-hybridized carbons (Fsp3) is 0.0690. The minimum atomic E-state index is -1.11. The summed E-state index contributed by atoms with van der Waals surface area (Å²) in [5, 5.41) is 18.4. The summed E-state index contributed by atoms with van der Waals surface area (Å²) in [5.74, 6) is -0.794. The number of carbonyl (C=O) groups is 2. The smallest absolute Gasteiger partial charge is 0.335 e. The predicted octanol–water partition coefficient (Wildman–Crippen LogP) is 7.33. The van der Waals surface area contributed by atoms with Gasteiger partial charge in [0.25, 0.3) is 0 Å². The van der Waals surface area contributed by atoms with Gasteiger partial charge in [0.05, 0.1) is 29.1 Å². The molecule has 0 fully saturated rings. The number of aromatic carboxylic acids is 1. The van der Waals surface area contributed by atoms with Crippen molar-refractivity contribution in [2.45, 2.75) is 10.1 Å². The van der Waals surface area contributed by atoms with Crippen molar-refractivity contribution in [3.8, 4) is 5.75 Å². The van der Waals surface area contributed by atoms with Crippen LogP contribution >= 0.6 is 35.6 Å². The van der Waals surface area contributed by atoms with Crippen molar-refractivity contribution in [3.05, 3.63) is 113 Å². The quantitative estimate of drug-likeness (QED) is 0.121. The number of anilines is 3. The average molecular weight is 578 g/mol. The highest BCUT2D eigenvalue weighted by molar-refractivity contribution is 8.00. The van der Waals surface area contributed by atoms with Crippen molar-refractivity contribution in [2.75, 3.05) is 23.1 Å². The van der Waals surface area contributed by atoms with Crippen molar-refractivity contribution in [3.63, 3.8) is 0 Å². The number of para-hydroxylation sites is 2. The summed E-state index contributed by atoms with van der Waals surface area (Å²) in [5.41, 5.74) is 2.49. The summed E-state index contributed by atoms with van der Waals surface area (Å²) in [6, 6.07) is 28.5. The van der Waals surface area contributed by atoms with Crippen LogP contribution in [0.15, 0.2) is 102 Å². The second kappa shape index (κ2) is 13.1. The molecule has 0 spiro atoms. The molecular formula is C29H24ClN3O4S2. The fourth-order valence-electron chi connectivity index (χ4n) is 3.67. The van der Waals surface area contributed by atoms with Gasteiger partial charge in [-0.1, -0.05) is 60.1 Å². The third-order valence-electron chi connectivity index (χ3n) is 5.51. The lowest BCUT2D eigenvalue weighted by Crippen LogP contribution is -2.20. The number of benzene rings is 4. The number of amides is 1. The highest BCUT2D eigenvalue weighted by atomic mass is 35.5. The molecule has 4 aromatic carbocycles. The molecule has 0 aliphatic heterocycles. The topological polar surface area (TPSA) is 99.7 Å². The van der Waals surface area contributed by atoms with Crippen LogP contribution in [0.1, 0.15) is 21.2 Å². The Labute approximate surface area is 240 Å². The van der Waals surface area contributed by atoms with Crippen molar-refractivity contribution < 1.29 is 19.4 Å². The third-order valence-corrected chi connectivity index (χ3v) is 7.29. The molecule has 198 valence electrons. The van der Waals surface area contributed by atoms with Crippen LogP contribution in [0.4, 0.5) is 17.1 Å². The number of thioether (sulfide) groups is 1. The maximum absolute atomic E-state index is 13.5. The Morgan fingerprint density at radius 1 is 0.872 bits per heavy atom. The number of carboxylic acid groups (broad SMARTS) is 1. The van der Waals surface area contributed by atoms with Crippen molar-refractivity contribution in [1.29, 1.82) is 0 Å². The van der Waals surface area contributed by atoms with Crippen LogP contribution in [0.3, 0.4) is 0 Å². The van der Waals surface area contributed by atoms with Crippen LogP contribution in [0.25, 0.3) is 0 Å². The molecular weight excluding hydrogens is 554 g/mol. The number of hydrogen-bond donors (Lipinski definition) is 4. The Morgan fingerprint density at radius 3 is 2.36 bits per heavy atom. The molecule has 0 aliphatic rings. The molecule has 4 N–H and O–H groups in total. The molecule has 10 heteroatoms. The fourth-order valence-corrected chi connectivity index (χ4v) is 5.15. The Hall–Kier alpha value is -4.05. The van der Waals surface area contributed by atoms with Crippen LogP contribution in [0, 0.1) is 0 Å². The number of carbonyl (C=O) groups excluding carboxylic acids is 1. The lowest BCUT2D eigenvalue weighted by molar-refractivity contribution is -0.115. The standard InChI is InChI=1S/C29H24ClN3O4S2/c1-37-25-13-6-5-12-23(25)33-29(38)31-20-10-7-11-21(17-20)39-26(18-8-3-2-4-9-18)27(34)32-24-16-19(28(35)36)14-15-22(24)30/h2-17,26H,1H3,(H,32,34)(H,35,36)(H2,31,33,38). The molecule has 1 unspecified atom stereocenters. The summed E-state index contributed by atoms with van der Waals surface area (Å²) in [6.45, 7) is 0. The molecule has 0 saturated heterocycles. The van der Waals surface area contributed by atoms with Crippen LogP contribution in [-0.4, -0.2) is 29.2 Å². The first-order valence-corrected chi connectivity index (χ1v) is 13.4. The number of thiocarbonyl (C=S) groups is 1. The highest BCUT2D eigenvalue weighted by Gasteiger charge is 2.23. The van der Waals surface area contributed by atoms with Gasteiger partial charge in [0.1, 0.15) is 11.0 Å². The zero-order valence-corrected chi connectivity index (χ0v) is 23.1. The van der Waals surface area contributed by atoms with Gasteiger partial charge in [-0.3, -0.25) is 4.79 Å². The van der Waals surface area contributed by atoms with Crippen LogP contribution < -0.4 is 20.7 Å². The second-order valence-corrected chi connectivity index (χ2v) is 10.2. The number of hydrogen-bond acceptors (Lipinski definition) is 5. The van der Waals surface area contributed by atoms with Crippen molar-refractivity contribution in [1.82, 2.24) is 0 Å². The molecule has 39 heavy (non-hydrogen) atoms. The maximum Gasteiger partial charge on any atom is 0.335 e. The lowest BCUT2D eigenvalue weighted by Gasteiger charge is -2.19. The molecule has 0 bridgehead atoms. The van der Waals surface area contributed by atoms with E-state index in [1.54, 1.807) is 7.11 Å². The van der Waals surface area contributed by atoms with Gasteiger partial charge in [-0.2, -0.15) is 0 Å². The van der Waals surface area contributed by atoms with Gasteiger partial charge >= 0.3 is 5.97 Å². The molecule has 0 aliphatic carbocycles. The zero-order valence-electron chi connectivity index (χ0n) is 20.7. The predicted molar refractivity (Wildman–Crippen MR) is 161 cm³/mol. The van der Waals surface area contributed by atoms with E-state index in [1.807, 2.05) is 78.9 Å². The molecule has 7 nitrogen and oxygen atoms in total. The van der Waals surface area contributed by atoms with Gasteiger partial charge in [-0.05, 0) is 66.3 Å². The minimum Gasteiger partial charge on any atom is -0.495 e.